The summed E-state index contributed by atoms with van der Waals surface area (Å²) < 4.78 is 0. The van der Waals surface area contributed by atoms with E-state index < -0.39 is 0 Å². The van der Waals surface area contributed by atoms with Crippen LogP contribution in [0.1, 0.15) is 11.1 Å². The minimum absolute atomic E-state index is 0.857. The SMILES string of the molecule is c1ccc(-c2ccc3c(ccc4c(-c5c6ccccc6c(Cc6ccccc6-c6ccccc6)c6ccccc56)cccc43)c2)cc1. The fourth-order valence-electron chi connectivity index (χ4n) is 7.59. The lowest BCUT2D eigenvalue weighted by atomic mass is 9.84. The van der Waals surface area contributed by atoms with Gasteiger partial charge in [-0.2, -0.15) is 0 Å². The molecule has 0 amide bonds. The third-order valence-electron chi connectivity index (χ3n) is 9.77. The Morgan fingerprint density at radius 3 is 1.57 bits per heavy atom. The van der Waals surface area contributed by atoms with E-state index in [4.69, 9.17) is 0 Å². The lowest BCUT2D eigenvalue weighted by Crippen LogP contribution is -1.97. The Morgan fingerprint density at radius 2 is 0.851 bits per heavy atom. The lowest BCUT2D eigenvalue weighted by Gasteiger charge is -2.20. The van der Waals surface area contributed by atoms with Crippen LogP contribution in [0.25, 0.3) is 76.5 Å². The smallest absolute Gasteiger partial charge is 0.000728 e. The van der Waals surface area contributed by atoms with Crippen LogP contribution in [0.4, 0.5) is 0 Å². The van der Waals surface area contributed by atoms with E-state index in [0.717, 1.165) is 6.42 Å². The van der Waals surface area contributed by atoms with Crippen LogP contribution >= 0.6 is 0 Å². The molecule has 0 spiro atoms. The van der Waals surface area contributed by atoms with E-state index in [-0.39, 0.29) is 0 Å². The van der Waals surface area contributed by atoms with Crippen molar-refractivity contribution >= 4 is 43.1 Å². The molecule has 9 aromatic carbocycles. The largest absolute Gasteiger partial charge is 0.0622 e. The molecule has 0 atom stereocenters. The Morgan fingerprint density at radius 1 is 0.298 bits per heavy atom. The van der Waals surface area contributed by atoms with Crippen molar-refractivity contribution in [2.75, 3.05) is 0 Å². The zero-order chi connectivity index (χ0) is 31.2. The van der Waals surface area contributed by atoms with Crippen LogP contribution in [-0.4, -0.2) is 0 Å². The van der Waals surface area contributed by atoms with Gasteiger partial charge in [0.25, 0.3) is 0 Å². The van der Waals surface area contributed by atoms with Crippen LogP contribution in [0.2, 0.25) is 0 Å². The summed E-state index contributed by atoms with van der Waals surface area (Å²) in [6, 6.07) is 66.6. The molecule has 0 aliphatic carbocycles. The summed E-state index contributed by atoms with van der Waals surface area (Å²) in [6.45, 7) is 0. The Labute approximate surface area is 275 Å². The van der Waals surface area contributed by atoms with Crippen molar-refractivity contribution in [1.82, 2.24) is 0 Å². The van der Waals surface area contributed by atoms with Gasteiger partial charge in [0.15, 0.2) is 0 Å². The molecule has 0 saturated carbocycles. The molecule has 0 saturated heterocycles. The van der Waals surface area contributed by atoms with Crippen molar-refractivity contribution in [1.29, 1.82) is 0 Å². The number of hydrogen-bond acceptors (Lipinski definition) is 0. The predicted molar refractivity (Wildman–Crippen MR) is 202 cm³/mol. The van der Waals surface area contributed by atoms with Crippen LogP contribution < -0.4 is 0 Å². The molecule has 0 aromatic heterocycles. The first-order chi connectivity index (χ1) is 23.3. The zero-order valence-electron chi connectivity index (χ0n) is 26.0. The first-order valence-electron chi connectivity index (χ1n) is 16.4. The van der Waals surface area contributed by atoms with E-state index in [1.807, 2.05) is 0 Å². The highest BCUT2D eigenvalue weighted by molar-refractivity contribution is 6.21. The molecule has 0 aliphatic heterocycles. The molecule has 220 valence electrons. The average Bonchev–Trinajstić information content (AvgIpc) is 3.15. The van der Waals surface area contributed by atoms with Gasteiger partial charge in [-0.3, -0.25) is 0 Å². The first-order valence-corrected chi connectivity index (χ1v) is 16.4. The van der Waals surface area contributed by atoms with Crippen molar-refractivity contribution in [3.05, 3.63) is 193 Å². The maximum Gasteiger partial charge on any atom is -0.000728 e. The molecule has 0 aliphatic rings. The highest BCUT2D eigenvalue weighted by Crippen LogP contribution is 2.44. The van der Waals surface area contributed by atoms with Gasteiger partial charge in [0.05, 0.1) is 0 Å². The van der Waals surface area contributed by atoms with Gasteiger partial charge in [-0.1, -0.05) is 176 Å². The molecule has 9 rings (SSSR count). The van der Waals surface area contributed by atoms with Crippen molar-refractivity contribution < 1.29 is 0 Å². The average molecular weight is 597 g/mol. The van der Waals surface area contributed by atoms with Crippen LogP contribution in [0.15, 0.2) is 182 Å². The molecular formula is C47H32. The van der Waals surface area contributed by atoms with Gasteiger partial charge in [-0.15, -0.1) is 0 Å². The molecule has 0 fully saturated rings. The minimum atomic E-state index is 0.857. The predicted octanol–water partition coefficient (Wildman–Crippen LogP) is 12.9. The van der Waals surface area contributed by atoms with Crippen LogP contribution in [0.3, 0.4) is 0 Å². The molecule has 9 aromatic rings. The van der Waals surface area contributed by atoms with Gasteiger partial charge in [-0.05, 0) is 100 Å². The third-order valence-corrected chi connectivity index (χ3v) is 9.77. The van der Waals surface area contributed by atoms with Crippen LogP contribution in [-0.2, 0) is 6.42 Å². The van der Waals surface area contributed by atoms with Gasteiger partial charge in [-0.25, -0.2) is 0 Å². The van der Waals surface area contributed by atoms with Crippen molar-refractivity contribution in [3.8, 4) is 33.4 Å². The molecule has 0 unspecified atom stereocenters. The van der Waals surface area contributed by atoms with Gasteiger partial charge < -0.3 is 0 Å². The second-order valence-electron chi connectivity index (χ2n) is 12.4. The standard InChI is InChI=1S/C47H32/c1-3-14-32(15-4-1)34-26-28-38-36(30-34)27-29-42-39(38)24-13-25-45(42)47-43-22-11-9-20-40(43)46(41-21-10-12-23-44(41)47)31-35-18-7-8-19-37(35)33-16-5-2-6-17-33/h1-30H,31H2. The fraction of sp³-hybridized carbons (Fsp3) is 0.0213. The summed E-state index contributed by atoms with van der Waals surface area (Å²) >= 11 is 0. The number of hydrogen-bond donors (Lipinski definition) is 0. The Kier molecular flexibility index (Phi) is 6.65. The molecule has 0 bridgehead atoms. The molecule has 47 heavy (non-hydrogen) atoms. The summed E-state index contributed by atoms with van der Waals surface area (Å²) in [5.74, 6) is 0. The second-order valence-corrected chi connectivity index (χ2v) is 12.4. The minimum Gasteiger partial charge on any atom is -0.0622 e. The van der Waals surface area contributed by atoms with Crippen molar-refractivity contribution in [3.63, 3.8) is 0 Å². The third kappa shape index (κ3) is 4.69. The van der Waals surface area contributed by atoms with E-state index in [1.54, 1.807) is 0 Å². The molecule has 0 heterocycles. The fourth-order valence-corrected chi connectivity index (χ4v) is 7.59. The van der Waals surface area contributed by atoms with Crippen LogP contribution in [0.5, 0.6) is 0 Å². The van der Waals surface area contributed by atoms with Crippen LogP contribution in [0, 0.1) is 0 Å². The Balaban J connectivity index is 1.26. The Bertz CT molecular complexity index is 2520. The number of benzene rings is 9. The highest BCUT2D eigenvalue weighted by Gasteiger charge is 2.18. The highest BCUT2D eigenvalue weighted by atomic mass is 14.2. The molecule has 0 N–H and O–H groups in total. The molecule has 0 radical (unpaired) electrons. The van der Waals surface area contributed by atoms with Crippen molar-refractivity contribution in [2.45, 2.75) is 6.42 Å². The van der Waals surface area contributed by atoms with E-state index in [0.29, 0.717) is 0 Å². The summed E-state index contributed by atoms with van der Waals surface area (Å²) in [7, 11) is 0. The van der Waals surface area contributed by atoms with Gasteiger partial charge in [0, 0.05) is 0 Å². The van der Waals surface area contributed by atoms with Gasteiger partial charge >= 0.3 is 0 Å². The summed E-state index contributed by atoms with van der Waals surface area (Å²) in [4.78, 5) is 0. The summed E-state index contributed by atoms with van der Waals surface area (Å²) in [6.07, 6.45) is 0.857. The lowest BCUT2D eigenvalue weighted by molar-refractivity contribution is 1.23. The Hall–Kier alpha value is -5.98. The van der Waals surface area contributed by atoms with Gasteiger partial charge in [0.1, 0.15) is 0 Å². The summed E-state index contributed by atoms with van der Waals surface area (Å²) in [5, 5.41) is 10.3. The second kappa shape index (κ2) is 11.4. The quantitative estimate of drug-likeness (QED) is 0.137. The number of rotatable bonds is 5. The summed E-state index contributed by atoms with van der Waals surface area (Å²) in [5.41, 5.74) is 10.3. The molecule has 0 nitrogen and oxygen atoms in total. The normalized spacial score (nSPS) is 11.5. The maximum absolute atomic E-state index is 2.33. The molecule has 0 heteroatoms. The monoisotopic (exact) mass is 596 g/mol. The maximum atomic E-state index is 2.33. The topological polar surface area (TPSA) is 0 Å². The van der Waals surface area contributed by atoms with Gasteiger partial charge in [0.2, 0.25) is 0 Å². The van der Waals surface area contributed by atoms with E-state index in [9.17, 15) is 0 Å². The van der Waals surface area contributed by atoms with Crippen molar-refractivity contribution in [2.24, 2.45) is 0 Å². The van der Waals surface area contributed by atoms with E-state index >= 15 is 0 Å². The first kappa shape index (κ1) is 27.3. The zero-order valence-corrected chi connectivity index (χ0v) is 26.0. The number of fused-ring (bicyclic) bond motifs is 5. The van der Waals surface area contributed by atoms with E-state index in [2.05, 4.69) is 182 Å². The molecular weight excluding hydrogens is 565 g/mol. The van der Waals surface area contributed by atoms with E-state index in [1.165, 1.54) is 87.6 Å².